The number of nitrogens with one attached hydrogen (secondary N) is 1. The second-order valence-corrected chi connectivity index (χ2v) is 5.53. The molecule has 102 valence electrons. The van der Waals surface area contributed by atoms with Gasteiger partial charge in [0.25, 0.3) is 5.91 Å². The molecule has 0 aliphatic rings. The highest BCUT2D eigenvalue weighted by Crippen LogP contribution is 2.27. The molecule has 20 heavy (non-hydrogen) atoms. The molecule has 3 N–H and O–H groups in total. The van der Waals surface area contributed by atoms with Crippen LogP contribution >= 0.6 is 11.3 Å². The molecule has 0 atom stereocenters. The standard InChI is InChI=1S/C14H14N4OS/c1-2-18-8-11(7-16-18)17-14(19)13-6-9-5-10(15)3-4-12(9)20-13/h3-8H,2,15H2,1H3,(H,17,19). The summed E-state index contributed by atoms with van der Waals surface area (Å²) in [6, 6.07) is 7.50. The van der Waals surface area contributed by atoms with Crippen LogP contribution in [0.15, 0.2) is 36.7 Å². The topological polar surface area (TPSA) is 72.9 Å². The molecule has 6 heteroatoms. The van der Waals surface area contributed by atoms with Gasteiger partial charge in [0.1, 0.15) is 0 Å². The van der Waals surface area contributed by atoms with Crippen LogP contribution in [0.3, 0.4) is 0 Å². The summed E-state index contributed by atoms with van der Waals surface area (Å²) in [5.74, 6) is -0.125. The van der Waals surface area contributed by atoms with Crippen molar-refractivity contribution in [3.63, 3.8) is 0 Å². The van der Waals surface area contributed by atoms with Crippen molar-refractivity contribution in [1.29, 1.82) is 0 Å². The minimum absolute atomic E-state index is 0.125. The number of aryl methyl sites for hydroxylation is 1. The highest BCUT2D eigenvalue weighted by atomic mass is 32.1. The first kappa shape index (κ1) is 12.7. The van der Waals surface area contributed by atoms with Gasteiger partial charge < -0.3 is 11.1 Å². The Morgan fingerprint density at radius 3 is 3.05 bits per heavy atom. The number of anilines is 2. The molecule has 3 rings (SSSR count). The molecule has 1 amide bonds. The van der Waals surface area contributed by atoms with E-state index in [1.54, 1.807) is 10.9 Å². The Kier molecular flexibility index (Phi) is 3.15. The molecule has 0 aliphatic carbocycles. The summed E-state index contributed by atoms with van der Waals surface area (Å²) < 4.78 is 2.81. The van der Waals surface area contributed by atoms with Gasteiger partial charge >= 0.3 is 0 Å². The number of carbonyl (C=O) groups is 1. The first-order valence-corrected chi connectivity index (χ1v) is 7.10. The van der Waals surface area contributed by atoms with E-state index in [-0.39, 0.29) is 5.91 Å². The lowest BCUT2D eigenvalue weighted by Gasteiger charge is -1.98. The lowest BCUT2D eigenvalue weighted by Crippen LogP contribution is -2.09. The molecule has 2 aromatic heterocycles. The van der Waals surface area contributed by atoms with E-state index in [4.69, 9.17) is 5.73 Å². The van der Waals surface area contributed by atoms with E-state index in [9.17, 15) is 4.79 Å². The van der Waals surface area contributed by atoms with Crippen molar-refractivity contribution in [3.8, 4) is 0 Å². The third-order valence-electron chi connectivity index (χ3n) is 2.98. The Morgan fingerprint density at radius 1 is 1.45 bits per heavy atom. The van der Waals surface area contributed by atoms with Crippen molar-refractivity contribution in [2.24, 2.45) is 0 Å². The van der Waals surface area contributed by atoms with Crippen molar-refractivity contribution < 1.29 is 4.79 Å². The van der Waals surface area contributed by atoms with Crippen LogP contribution in [-0.2, 0) is 6.54 Å². The first-order valence-electron chi connectivity index (χ1n) is 6.28. The summed E-state index contributed by atoms with van der Waals surface area (Å²) in [6.07, 6.45) is 3.45. The van der Waals surface area contributed by atoms with E-state index in [2.05, 4.69) is 10.4 Å². The second-order valence-electron chi connectivity index (χ2n) is 4.45. The van der Waals surface area contributed by atoms with E-state index in [0.29, 0.717) is 16.3 Å². The third-order valence-corrected chi connectivity index (χ3v) is 4.09. The number of nitrogens with two attached hydrogens (primary N) is 1. The molecule has 0 saturated carbocycles. The van der Waals surface area contributed by atoms with Gasteiger partial charge in [0, 0.05) is 23.1 Å². The molecule has 0 bridgehead atoms. The zero-order chi connectivity index (χ0) is 14.1. The van der Waals surface area contributed by atoms with Gasteiger partial charge in [-0.05, 0) is 36.6 Å². The molecular formula is C14H14N4OS. The van der Waals surface area contributed by atoms with Crippen molar-refractivity contribution in [2.75, 3.05) is 11.1 Å². The van der Waals surface area contributed by atoms with Gasteiger partial charge in [0.2, 0.25) is 0 Å². The van der Waals surface area contributed by atoms with Crippen molar-refractivity contribution >= 4 is 38.7 Å². The zero-order valence-corrected chi connectivity index (χ0v) is 11.8. The number of hydrogen-bond acceptors (Lipinski definition) is 4. The zero-order valence-electron chi connectivity index (χ0n) is 11.0. The van der Waals surface area contributed by atoms with Crippen LogP contribution in [0, 0.1) is 0 Å². The van der Waals surface area contributed by atoms with Crippen molar-refractivity contribution in [1.82, 2.24) is 9.78 Å². The SMILES string of the molecule is CCn1cc(NC(=O)c2cc3cc(N)ccc3s2)cn1. The van der Waals surface area contributed by atoms with E-state index in [0.717, 1.165) is 16.6 Å². The Balaban J connectivity index is 1.84. The van der Waals surface area contributed by atoms with Crippen LogP contribution in [0.4, 0.5) is 11.4 Å². The molecule has 0 saturated heterocycles. The summed E-state index contributed by atoms with van der Waals surface area (Å²) in [4.78, 5) is 12.9. The molecule has 0 fully saturated rings. The lowest BCUT2D eigenvalue weighted by atomic mass is 10.2. The number of carbonyl (C=O) groups excluding carboxylic acids is 1. The maximum absolute atomic E-state index is 12.2. The Hall–Kier alpha value is -2.34. The number of aromatic nitrogens is 2. The average Bonchev–Trinajstić information content (AvgIpc) is 3.04. The summed E-state index contributed by atoms with van der Waals surface area (Å²) in [5.41, 5.74) is 7.15. The predicted octanol–water partition coefficient (Wildman–Crippen LogP) is 2.95. The van der Waals surface area contributed by atoms with Gasteiger partial charge in [-0.25, -0.2) is 0 Å². The third kappa shape index (κ3) is 2.37. The molecule has 5 nitrogen and oxygen atoms in total. The highest BCUT2D eigenvalue weighted by Gasteiger charge is 2.11. The number of amides is 1. The van der Waals surface area contributed by atoms with Gasteiger partial charge in [-0.3, -0.25) is 9.48 Å². The van der Waals surface area contributed by atoms with Gasteiger partial charge in [-0.2, -0.15) is 5.10 Å². The minimum atomic E-state index is -0.125. The number of hydrogen-bond donors (Lipinski definition) is 2. The predicted molar refractivity (Wildman–Crippen MR) is 82.1 cm³/mol. The van der Waals surface area contributed by atoms with Crippen LogP contribution in [0.1, 0.15) is 16.6 Å². The summed E-state index contributed by atoms with van der Waals surface area (Å²) in [7, 11) is 0. The maximum Gasteiger partial charge on any atom is 0.265 e. The van der Waals surface area contributed by atoms with E-state index >= 15 is 0 Å². The van der Waals surface area contributed by atoms with Gasteiger partial charge in [0.15, 0.2) is 0 Å². The lowest BCUT2D eigenvalue weighted by molar-refractivity contribution is 0.103. The molecule has 0 unspecified atom stereocenters. The molecule has 2 heterocycles. The van der Waals surface area contributed by atoms with Gasteiger partial charge in [-0.1, -0.05) is 0 Å². The molecular weight excluding hydrogens is 272 g/mol. The summed E-state index contributed by atoms with van der Waals surface area (Å²) in [6.45, 7) is 2.77. The van der Waals surface area contributed by atoms with E-state index in [1.807, 2.05) is 37.4 Å². The number of nitrogens with zero attached hydrogens (tertiary/aromatic N) is 2. The first-order chi connectivity index (χ1) is 9.65. The van der Waals surface area contributed by atoms with Gasteiger partial charge in [0.05, 0.1) is 16.8 Å². The molecule has 3 aromatic rings. The molecule has 0 spiro atoms. The van der Waals surface area contributed by atoms with Crippen molar-refractivity contribution in [3.05, 3.63) is 41.5 Å². The average molecular weight is 286 g/mol. The van der Waals surface area contributed by atoms with Crippen LogP contribution < -0.4 is 11.1 Å². The van der Waals surface area contributed by atoms with Gasteiger partial charge in [-0.15, -0.1) is 11.3 Å². The molecule has 0 radical (unpaired) electrons. The number of fused-ring (bicyclic) bond motifs is 1. The highest BCUT2D eigenvalue weighted by molar-refractivity contribution is 7.20. The fourth-order valence-corrected chi connectivity index (χ4v) is 2.91. The van der Waals surface area contributed by atoms with Crippen molar-refractivity contribution in [2.45, 2.75) is 13.5 Å². The fourth-order valence-electron chi connectivity index (χ4n) is 1.97. The van der Waals surface area contributed by atoms with E-state index < -0.39 is 0 Å². The Labute approximate surface area is 120 Å². The summed E-state index contributed by atoms with van der Waals surface area (Å²) in [5, 5.41) is 7.96. The van der Waals surface area contributed by atoms with Crippen LogP contribution in [0.5, 0.6) is 0 Å². The van der Waals surface area contributed by atoms with Crippen LogP contribution in [-0.4, -0.2) is 15.7 Å². The fraction of sp³-hybridized carbons (Fsp3) is 0.143. The molecule has 1 aromatic carbocycles. The summed E-state index contributed by atoms with van der Waals surface area (Å²) >= 11 is 1.45. The van der Waals surface area contributed by atoms with Crippen LogP contribution in [0.25, 0.3) is 10.1 Å². The van der Waals surface area contributed by atoms with Crippen LogP contribution in [0.2, 0.25) is 0 Å². The smallest absolute Gasteiger partial charge is 0.265 e. The second kappa shape index (κ2) is 4.97. The number of rotatable bonds is 3. The molecule has 0 aliphatic heterocycles. The monoisotopic (exact) mass is 286 g/mol. The Bertz CT molecular complexity index is 774. The minimum Gasteiger partial charge on any atom is -0.399 e. The number of benzene rings is 1. The normalized spacial score (nSPS) is 10.8. The largest absolute Gasteiger partial charge is 0.399 e. The quantitative estimate of drug-likeness (QED) is 0.727. The number of nitrogen functional groups attached to an aromatic ring is 1. The van der Waals surface area contributed by atoms with E-state index in [1.165, 1.54) is 11.3 Å². The Morgan fingerprint density at radius 2 is 2.30 bits per heavy atom. The maximum atomic E-state index is 12.2. The number of thiophene rings is 1.